The van der Waals surface area contributed by atoms with Crippen LogP contribution in [0.4, 0.5) is 0 Å². The van der Waals surface area contributed by atoms with Crippen LogP contribution >= 0.6 is 11.6 Å². The second kappa shape index (κ2) is 9.62. The molecule has 0 atom stereocenters. The zero-order chi connectivity index (χ0) is 16.5. The highest BCUT2D eigenvalue weighted by Crippen LogP contribution is 2.35. The van der Waals surface area contributed by atoms with Crippen LogP contribution in [0.25, 0.3) is 0 Å². The molecular weight excluding hydrogens is 304 g/mol. The number of hydrogen-bond acceptors (Lipinski definition) is 1. The largest absolute Gasteiger partial charge is 0.494 e. The third kappa shape index (κ3) is 5.91. The van der Waals surface area contributed by atoms with Gasteiger partial charge in [0, 0.05) is 5.02 Å². The molecule has 1 fully saturated rings. The summed E-state index contributed by atoms with van der Waals surface area (Å²) in [5.74, 6) is 1.68. The maximum atomic E-state index is 6.16. The summed E-state index contributed by atoms with van der Waals surface area (Å²) in [4.78, 5) is 0. The zero-order valence-corrected chi connectivity index (χ0v) is 15.0. The first-order chi connectivity index (χ1) is 11.2. The van der Waals surface area contributed by atoms with E-state index in [2.05, 4.69) is 19.1 Å². The van der Waals surface area contributed by atoms with E-state index >= 15 is 0 Å². The van der Waals surface area contributed by atoms with Crippen molar-refractivity contribution in [2.24, 2.45) is 0 Å². The van der Waals surface area contributed by atoms with Gasteiger partial charge in [0.25, 0.3) is 0 Å². The minimum Gasteiger partial charge on any atom is -0.494 e. The van der Waals surface area contributed by atoms with Gasteiger partial charge < -0.3 is 4.74 Å². The molecule has 1 nitrogen and oxygen atoms in total. The fourth-order valence-electron chi connectivity index (χ4n) is 3.02. The Balaban J connectivity index is 0.000000174. The molecule has 0 unspecified atom stereocenters. The van der Waals surface area contributed by atoms with E-state index in [-0.39, 0.29) is 0 Å². The van der Waals surface area contributed by atoms with Crippen molar-refractivity contribution >= 4 is 11.6 Å². The van der Waals surface area contributed by atoms with Crippen molar-refractivity contribution in [3.8, 4) is 5.75 Å². The smallest absolute Gasteiger partial charge is 0.119 e. The Kier molecular flexibility index (Phi) is 7.48. The molecule has 0 aromatic heterocycles. The van der Waals surface area contributed by atoms with Crippen LogP contribution in [0, 0.1) is 6.92 Å². The van der Waals surface area contributed by atoms with Gasteiger partial charge in [-0.15, -0.1) is 0 Å². The summed E-state index contributed by atoms with van der Waals surface area (Å²) in [6.45, 7) is 4.79. The third-order valence-corrected chi connectivity index (χ3v) is 4.63. The van der Waals surface area contributed by atoms with E-state index in [4.69, 9.17) is 16.3 Å². The van der Waals surface area contributed by atoms with Crippen molar-refractivity contribution in [1.82, 2.24) is 0 Å². The molecule has 2 heteroatoms. The first-order valence-electron chi connectivity index (χ1n) is 8.64. The van der Waals surface area contributed by atoms with E-state index in [1.165, 1.54) is 43.2 Å². The third-order valence-electron chi connectivity index (χ3n) is 4.28. The molecule has 0 spiro atoms. The summed E-state index contributed by atoms with van der Waals surface area (Å²) >= 11 is 6.16. The molecule has 3 rings (SSSR count). The number of aryl methyl sites for hydroxylation is 1. The molecule has 1 aliphatic carbocycles. The number of halogens is 1. The molecular formula is C21H27ClO. The van der Waals surface area contributed by atoms with Crippen LogP contribution in [0.15, 0.2) is 48.5 Å². The molecule has 23 heavy (non-hydrogen) atoms. The first kappa shape index (κ1) is 17.9. The molecule has 2 aromatic carbocycles. The van der Waals surface area contributed by atoms with E-state index in [1.807, 2.05) is 43.3 Å². The van der Waals surface area contributed by atoms with Crippen LogP contribution < -0.4 is 4.74 Å². The van der Waals surface area contributed by atoms with Gasteiger partial charge in [-0.1, -0.05) is 66.8 Å². The summed E-state index contributed by atoms with van der Waals surface area (Å²) in [5.41, 5.74) is 2.63. The predicted molar refractivity (Wildman–Crippen MR) is 99.6 cm³/mol. The lowest BCUT2D eigenvalue weighted by molar-refractivity contribution is 0.340. The Labute approximate surface area is 145 Å². The van der Waals surface area contributed by atoms with Gasteiger partial charge in [-0.2, -0.15) is 0 Å². The van der Waals surface area contributed by atoms with E-state index in [9.17, 15) is 0 Å². The van der Waals surface area contributed by atoms with Gasteiger partial charge in [0.2, 0.25) is 0 Å². The van der Waals surface area contributed by atoms with Gasteiger partial charge in [0.15, 0.2) is 0 Å². The van der Waals surface area contributed by atoms with Crippen molar-refractivity contribution < 1.29 is 4.74 Å². The van der Waals surface area contributed by atoms with Crippen LogP contribution in [0.1, 0.15) is 56.1 Å². The Morgan fingerprint density at radius 1 is 0.957 bits per heavy atom. The Hall–Kier alpha value is -1.47. The molecule has 0 saturated heterocycles. The minimum atomic E-state index is 0.724. The van der Waals surface area contributed by atoms with Gasteiger partial charge in [-0.3, -0.25) is 0 Å². The van der Waals surface area contributed by atoms with Crippen LogP contribution in [0.3, 0.4) is 0 Å². The number of hydrogen-bond donors (Lipinski definition) is 0. The quantitative estimate of drug-likeness (QED) is 0.602. The average molecular weight is 331 g/mol. The fourth-order valence-corrected chi connectivity index (χ4v) is 3.31. The second-order valence-corrected chi connectivity index (χ2v) is 6.51. The topological polar surface area (TPSA) is 9.23 Å². The molecule has 1 aliphatic rings. The number of ether oxygens (including phenoxy) is 1. The van der Waals surface area contributed by atoms with E-state index in [0.29, 0.717) is 0 Å². The lowest BCUT2D eigenvalue weighted by Gasteiger charge is -2.22. The highest BCUT2D eigenvalue weighted by atomic mass is 35.5. The van der Waals surface area contributed by atoms with E-state index in [0.717, 1.165) is 23.3 Å². The first-order valence-corrected chi connectivity index (χ1v) is 9.02. The summed E-state index contributed by atoms with van der Waals surface area (Å²) in [6.07, 6.45) is 6.79. The van der Waals surface area contributed by atoms with Crippen LogP contribution in [0.5, 0.6) is 5.75 Å². The van der Waals surface area contributed by atoms with Gasteiger partial charge >= 0.3 is 0 Å². The van der Waals surface area contributed by atoms with Crippen LogP contribution in [-0.4, -0.2) is 6.61 Å². The lowest BCUT2D eigenvalue weighted by Crippen LogP contribution is -2.04. The molecule has 1 saturated carbocycles. The Bertz CT molecular complexity index is 571. The number of rotatable bonds is 3. The summed E-state index contributed by atoms with van der Waals surface area (Å²) in [5, 5.41) is 0.953. The summed E-state index contributed by atoms with van der Waals surface area (Å²) < 4.78 is 5.26. The molecule has 0 N–H and O–H groups in total. The van der Waals surface area contributed by atoms with E-state index in [1.54, 1.807) is 0 Å². The predicted octanol–water partition coefficient (Wildman–Crippen LogP) is 6.78. The summed E-state index contributed by atoms with van der Waals surface area (Å²) in [7, 11) is 0. The Morgan fingerprint density at radius 2 is 1.61 bits per heavy atom. The standard InChI is InChI=1S/C12H15Cl.C9H12O/c13-12-9-5-4-8-11(12)10-6-2-1-3-7-10;1-3-10-9-6-4-8(2)5-7-9/h4-5,8-10H,1-3,6-7H2;4-7H,3H2,1-2H3. The fraction of sp³-hybridized carbons (Fsp3) is 0.429. The monoisotopic (exact) mass is 330 g/mol. The second-order valence-electron chi connectivity index (χ2n) is 6.10. The molecule has 0 radical (unpaired) electrons. The molecule has 124 valence electrons. The average Bonchev–Trinajstić information content (AvgIpc) is 2.59. The zero-order valence-electron chi connectivity index (χ0n) is 14.2. The highest BCUT2D eigenvalue weighted by Gasteiger charge is 2.16. The Morgan fingerprint density at radius 3 is 2.22 bits per heavy atom. The SMILES string of the molecule is CCOc1ccc(C)cc1.Clc1ccccc1C1CCCCC1. The maximum absolute atomic E-state index is 6.16. The van der Waals surface area contributed by atoms with Crippen molar-refractivity contribution in [3.63, 3.8) is 0 Å². The molecule has 0 heterocycles. The van der Waals surface area contributed by atoms with Crippen molar-refractivity contribution in [2.75, 3.05) is 6.61 Å². The molecule has 0 amide bonds. The number of benzene rings is 2. The van der Waals surface area contributed by atoms with Gasteiger partial charge in [0.05, 0.1) is 6.61 Å². The van der Waals surface area contributed by atoms with Gasteiger partial charge in [0.1, 0.15) is 5.75 Å². The summed E-state index contributed by atoms with van der Waals surface area (Å²) in [6, 6.07) is 16.3. The van der Waals surface area contributed by atoms with Crippen LogP contribution in [0.2, 0.25) is 5.02 Å². The molecule has 2 aromatic rings. The van der Waals surface area contributed by atoms with Crippen molar-refractivity contribution in [2.45, 2.75) is 51.9 Å². The minimum absolute atomic E-state index is 0.724. The maximum Gasteiger partial charge on any atom is 0.119 e. The van der Waals surface area contributed by atoms with Crippen molar-refractivity contribution in [1.29, 1.82) is 0 Å². The molecule has 0 aliphatic heterocycles. The lowest BCUT2D eigenvalue weighted by atomic mass is 9.84. The van der Waals surface area contributed by atoms with Crippen LogP contribution in [-0.2, 0) is 0 Å². The normalized spacial score (nSPS) is 14.7. The molecule has 0 bridgehead atoms. The van der Waals surface area contributed by atoms with Crippen molar-refractivity contribution in [3.05, 3.63) is 64.7 Å². The van der Waals surface area contributed by atoms with Gasteiger partial charge in [-0.05, 0) is 56.4 Å². The van der Waals surface area contributed by atoms with Gasteiger partial charge in [-0.25, -0.2) is 0 Å². The van der Waals surface area contributed by atoms with E-state index < -0.39 is 0 Å². The highest BCUT2D eigenvalue weighted by molar-refractivity contribution is 6.31.